The lowest BCUT2D eigenvalue weighted by Crippen LogP contribution is -2.22. The summed E-state index contributed by atoms with van der Waals surface area (Å²) in [5, 5.41) is 0.957. The van der Waals surface area contributed by atoms with Crippen molar-refractivity contribution < 1.29 is 12.7 Å². The van der Waals surface area contributed by atoms with E-state index in [9.17, 15) is 8.42 Å². The summed E-state index contributed by atoms with van der Waals surface area (Å²) in [5.74, 6) is 0.0516. The number of hydrogen-bond acceptors (Lipinski definition) is 3. The van der Waals surface area contributed by atoms with Gasteiger partial charge >= 0.3 is 10.1 Å². The fourth-order valence-electron chi connectivity index (χ4n) is 1.60. The van der Waals surface area contributed by atoms with Crippen LogP contribution in [-0.2, 0) is 10.1 Å². The molecule has 2 rings (SSSR count). The van der Waals surface area contributed by atoms with Crippen LogP contribution >= 0.6 is 0 Å². The van der Waals surface area contributed by atoms with Crippen molar-refractivity contribution in [3.8, 4) is 0 Å². The van der Waals surface area contributed by atoms with Gasteiger partial charge in [0.05, 0.1) is 11.3 Å². The molecule has 0 aliphatic rings. The zero-order valence-electron chi connectivity index (χ0n) is 9.67. The van der Waals surface area contributed by atoms with Crippen molar-refractivity contribution in [1.82, 2.24) is 4.73 Å². The van der Waals surface area contributed by atoms with Crippen molar-refractivity contribution in [2.75, 3.05) is 5.75 Å². The minimum atomic E-state index is -3.50. The van der Waals surface area contributed by atoms with Crippen molar-refractivity contribution in [2.45, 2.75) is 19.8 Å². The number of para-hydroxylation sites is 1. The second kappa shape index (κ2) is 4.79. The van der Waals surface area contributed by atoms with Crippen LogP contribution < -0.4 is 4.28 Å². The molecule has 0 spiro atoms. The topological polar surface area (TPSA) is 48.3 Å². The Morgan fingerprint density at radius 2 is 2.00 bits per heavy atom. The average Bonchev–Trinajstić information content (AvgIpc) is 2.70. The lowest BCUT2D eigenvalue weighted by molar-refractivity contribution is 0.292. The maximum absolute atomic E-state index is 11.7. The Balaban J connectivity index is 2.24. The number of nitrogens with zero attached hydrogens (tertiary/aromatic N) is 1. The van der Waals surface area contributed by atoms with Crippen molar-refractivity contribution >= 4 is 21.0 Å². The Morgan fingerprint density at radius 1 is 1.24 bits per heavy atom. The minimum Gasteiger partial charge on any atom is -0.287 e. The second-order valence-electron chi connectivity index (χ2n) is 3.89. The van der Waals surface area contributed by atoms with Gasteiger partial charge in [0, 0.05) is 11.6 Å². The molecule has 0 amide bonds. The van der Waals surface area contributed by atoms with Crippen LogP contribution in [0.25, 0.3) is 10.9 Å². The van der Waals surface area contributed by atoms with Crippen molar-refractivity contribution in [3.63, 3.8) is 0 Å². The predicted octanol–water partition coefficient (Wildman–Crippen LogP) is 2.20. The van der Waals surface area contributed by atoms with Crippen LogP contribution in [0.15, 0.2) is 36.5 Å². The Morgan fingerprint density at radius 3 is 2.76 bits per heavy atom. The molecule has 1 aromatic heterocycles. The third-order valence-corrected chi connectivity index (χ3v) is 3.68. The van der Waals surface area contributed by atoms with Gasteiger partial charge in [-0.2, -0.15) is 13.1 Å². The van der Waals surface area contributed by atoms with E-state index in [1.165, 1.54) is 4.73 Å². The van der Waals surface area contributed by atoms with Gasteiger partial charge in [0.15, 0.2) is 0 Å². The van der Waals surface area contributed by atoms with Gasteiger partial charge in [-0.3, -0.25) is 4.28 Å². The third kappa shape index (κ3) is 2.79. The molecule has 2 aromatic rings. The summed E-state index contributed by atoms with van der Waals surface area (Å²) in [6, 6.07) is 9.31. The number of fused-ring (bicyclic) bond motifs is 1. The third-order valence-electron chi connectivity index (χ3n) is 2.51. The number of unbranched alkanes of at least 4 members (excludes halogenated alkanes) is 1. The highest BCUT2D eigenvalue weighted by molar-refractivity contribution is 7.86. The first-order valence-corrected chi connectivity index (χ1v) is 7.19. The van der Waals surface area contributed by atoms with Crippen LogP contribution in [0.4, 0.5) is 0 Å². The molecular weight excluding hydrogens is 238 g/mol. The summed E-state index contributed by atoms with van der Waals surface area (Å²) >= 11 is 0. The van der Waals surface area contributed by atoms with E-state index in [2.05, 4.69) is 0 Å². The average molecular weight is 253 g/mol. The van der Waals surface area contributed by atoms with Crippen LogP contribution in [0.3, 0.4) is 0 Å². The van der Waals surface area contributed by atoms with E-state index in [0.717, 1.165) is 17.3 Å². The van der Waals surface area contributed by atoms with Gasteiger partial charge in [-0.05, 0) is 18.6 Å². The maximum atomic E-state index is 11.7. The van der Waals surface area contributed by atoms with Gasteiger partial charge in [0.25, 0.3) is 0 Å². The van der Waals surface area contributed by atoms with Crippen molar-refractivity contribution in [1.29, 1.82) is 0 Å². The fourth-order valence-corrected chi connectivity index (χ4v) is 2.69. The van der Waals surface area contributed by atoms with Gasteiger partial charge in [-0.15, -0.1) is 0 Å². The Kier molecular flexibility index (Phi) is 3.38. The molecule has 92 valence electrons. The molecule has 5 heteroatoms. The van der Waals surface area contributed by atoms with Crippen molar-refractivity contribution in [2.24, 2.45) is 0 Å². The molecular formula is C12H15NO3S. The van der Waals surface area contributed by atoms with E-state index < -0.39 is 10.1 Å². The van der Waals surface area contributed by atoms with Gasteiger partial charge in [-0.25, -0.2) is 0 Å². The largest absolute Gasteiger partial charge is 0.327 e. The summed E-state index contributed by atoms with van der Waals surface area (Å²) in [5.41, 5.74) is 0.757. The van der Waals surface area contributed by atoms with Gasteiger partial charge in [-0.1, -0.05) is 31.5 Å². The molecule has 0 atom stereocenters. The molecule has 1 aromatic carbocycles. The summed E-state index contributed by atoms with van der Waals surface area (Å²) in [6.45, 7) is 1.95. The molecule has 0 saturated carbocycles. The number of aromatic nitrogens is 1. The van der Waals surface area contributed by atoms with Crippen molar-refractivity contribution in [3.05, 3.63) is 36.5 Å². The molecule has 17 heavy (non-hydrogen) atoms. The lowest BCUT2D eigenvalue weighted by Gasteiger charge is -2.07. The van der Waals surface area contributed by atoms with E-state index in [1.807, 2.05) is 37.3 Å². The highest BCUT2D eigenvalue weighted by Crippen LogP contribution is 2.14. The Labute approximate surface area is 101 Å². The zero-order chi connectivity index (χ0) is 12.3. The second-order valence-corrected chi connectivity index (χ2v) is 5.56. The highest BCUT2D eigenvalue weighted by Gasteiger charge is 2.13. The first-order valence-electron chi connectivity index (χ1n) is 5.61. The molecule has 0 fully saturated rings. The smallest absolute Gasteiger partial charge is 0.287 e. The summed E-state index contributed by atoms with van der Waals surface area (Å²) in [6.07, 6.45) is 3.06. The van der Waals surface area contributed by atoms with E-state index >= 15 is 0 Å². The first kappa shape index (κ1) is 12.0. The van der Waals surface area contributed by atoms with E-state index in [4.69, 9.17) is 4.28 Å². The molecule has 0 radical (unpaired) electrons. The molecule has 4 nitrogen and oxygen atoms in total. The molecule has 0 N–H and O–H groups in total. The molecule has 0 bridgehead atoms. The number of hydrogen-bond donors (Lipinski definition) is 0. The molecule has 0 saturated heterocycles. The highest BCUT2D eigenvalue weighted by atomic mass is 32.2. The molecule has 0 aliphatic carbocycles. The van der Waals surface area contributed by atoms with Crippen LogP contribution in [0.1, 0.15) is 19.8 Å². The summed E-state index contributed by atoms with van der Waals surface area (Å²) in [4.78, 5) is 0. The minimum absolute atomic E-state index is 0.0516. The quantitative estimate of drug-likeness (QED) is 0.820. The predicted molar refractivity (Wildman–Crippen MR) is 67.2 cm³/mol. The van der Waals surface area contributed by atoms with E-state index in [-0.39, 0.29) is 5.75 Å². The van der Waals surface area contributed by atoms with Crippen LogP contribution in [0.5, 0.6) is 0 Å². The zero-order valence-corrected chi connectivity index (χ0v) is 10.5. The van der Waals surface area contributed by atoms with Gasteiger partial charge in [0.1, 0.15) is 0 Å². The van der Waals surface area contributed by atoms with Crippen LogP contribution in [-0.4, -0.2) is 18.9 Å². The van der Waals surface area contributed by atoms with Gasteiger partial charge < -0.3 is 0 Å². The molecule has 1 heterocycles. The van der Waals surface area contributed by atoms with Gasteiger partial charge in [0.2, 0.25) is 0 Å². The molecule has 0 unspecified atom stereocenters. The Bertz CT molecular complexity index is 601. The monoisotopic (exact) mass is 253 g/mol. The number of benzene rings is 1. The fraction of sp³-hybridized carbons (Fsp3) is 0.333. The normalized spacial score (nSPS) is 11.8. The summed E-state index contributed by atoms with van der Waals surface area (Å²) in [7, 11) is -3.50. The maximum Gasteiger partial charge on any atom is 0.327 e. The van der Waals surface area contributed by atoms with E-state index in [0.29, 0.717) is 6.42 Å². The lowest BCUT2D eigenvalue weighted by atomic mass is 10.3. The first-order chi connectivity index (χ1) is 8.12. The van der Waals surface area contributed by atoms with Crippen LogP contribution in [0, 0.1) is 0 Å². The van der Waals surface area contributed by atoms with E-state index in [1.54, 1.807) is 6.20 Å². The standard InChI is InChI=1S/C12H15NO3S/c1-2-3-10-17(14,15)16-13-9-8-11-6-4-5-7-12(11)13/h4-9H,2-3,10H2,1H3. The molecule has 0 aliphatic heterocycles. The van der Waals surface area contributed by atoms with Crippen LogP contribution in [0.2, 0.25) is 0 Å². The number of rotatable bonds is 5. The SMILES string of the molecule is CCCCS(=O)(=O)On1ccc2ccccc21. The summed E-state index contributed by atoms with van der Waals surface area (Å²) < 4.78 is 29.7. The Hall–Kier alpha value is -1.49.